The van der Waals surface area contributed by atoms with Crippen molar-refractivity contribution in [2.45, 2.75) is 40.0 Å². The molecule has 0 saturated carbocycles. The van der Waals surface area contributed by atoms with E-state index in [-0.39, 0.29) is 12.6 Å². The molecule has 0 unspecified atom stereocenters. The molecule has 0 saturated heterocycles. The zero-order chi connectivity index (χ0) is 15.9. The van der Waals surface area contributed by atoms with E-state index in [1.807, 2.05) is 45.0 Å². The van der Waals surface area contributed by atoms with Gasteiger partial charge in [0.1, 0.15) is 0 Å². The molecule has 1 aromatic carbocycles. The predicted octanol–water partition coefficient (Wildman–Crippen LogP) is 3.26. The Bertz CT molecular complexity index is 496. The van der Waals surface area contributed by atoms with Crippen LogP contribution in [0, 0.1) is 5.41 Å². The average molecular weight is 292 g/mol. The third-order valence-corrected chi connectivity index (χ3v) is 3.99. The molecular formula is C16H24N2O3. The topological polar surface area (TPSA) is 78.4 Å². The molecule has 0 heterocycles. The van der Waals surface area contributed by atoms with E-state index in [0.29, 0.717) is 18.5 Å². The van der Waals surface area contributed by atoms with Gasteiger partial charge in [0, 0.05) is 12.2 Å². The molecule has 1 rings (SSSR count). The molecule has 2 amide bonds. The number of aryl methyl sites for hydroxylation is 1. The molecule has 0 aromatic heterocycles. The quantitative estimate of drug-likeness (QED) is 0.721. The fraction of sp³-hybridized carbons (Fsp3) is 0.500. The minimum absolute atomic E-state index is 0.120. The SMILES string of the molecule is CCc1cccc(NC(=O)NCC(CC)(CC)C(=O)O)c1. The van der Waals surface area contributed by atoms with E-state index in [4.69, 9.17) is 0 Å². The van der Waals surface area contributed by atoms with Gasteiger partial charge in [-0.25, -0.2) is 4.79 Å². The molecule has 0 radical (unpaired) electrons. The minimum Gasteiger partial charge on any atom is -0.481 e. The second-order valence-electron chi connectivity index (χ2n) is 5.15. The van der Waals surface area contributed by atoms with Crippen molar-refractivity contribution in [3.05, 3.63) is 29.8 Å². The molecule has 0 aliphatic heterocycles. The number of hydrogen-bond donors (Lipinski definition) is 3. The summed E-state index contributed by atoms with van der Waals surface area (Å²) in [6.45, 7) is 5.81. The fourth-order valence-electron chi connectivity index (χ4n) is 2.17. The number of carboxylic acid groups (broad SMARTS) is 1. The standard InChI is InChI=1S/C16H24N2O3/c1-4-12-8-7-9-13(10-12)18-15(21)17-11-16(5-2,6-3)14(19)20/h7-10H,4-6,11H2,1-3H3,(H,19,20)(H2,17,18,21). The molecule has 116 valence electrons. The Kier molecular flexibility index (Phi) is 6.21. The Hall–Kier alpha value is -2.04. The van der Waals surface area contributed by atoms with Gasteiger partial charge in [-0.2, -0.15) is 0 Å². The number of amides is 2. The first-order valence-electron chi connectivity index (χ1n) is 7.34. The summed E-state index contributed by atoms with van der Waals surface area (Å²) in [6.07, 6.45) is 1.85. The van der Waals surface area contributed by atoms with Crippen LogP contribution < -0.4 is 10.6 Å². The lowest BCUT2D eigenvalue weighted by atomic mass is 9.82. The van der Waals surface area contributed by atoms with Crippen molar-refractivity contribution in [1.29, 1.82) is 0 Å². The first-order valence-corrected chi connectivity index (χ1v) is 7.34. The van der Waals surface area contributed by atoms with Crippen LogP contribution in [0.25, 0.3) is 0 Å². The summed E-state index contributed by atoms with van der Waals surface area (Å²) in [7, 11) is 0. The third-order valence-electron chi connectivity index (χ3n) is 3.99. The number of carboxylic acids is 1. The van der Waals surface area contributed by atoms with E-state index < -0.39 is 11.4 Å². The average Bonchev–Trinajstić information content (AvgIpc) is 2.48. The Morgan fingerprint density at radius 2 is 1.86 bits per heavy atom. The maximum absolute atomic E-state index is 11.9. The Balaban J connectivity index is 2.63. The van der Waals surface area contributed by atoms with E-state index in [0.717, 1.165) is 12.0 Å². The van der Waals surface area contributed by atoms with Gasteiger partial charge < -0.3 is 15.7 Å². The van der Waals surface area contributed by atoms with Gasteiger partial charge in [0.15, 0.2) is 0 Å². The number of hydrogen-bond acceptors (Lipinski definition) is 2. The predicted molar refractivity (Wildman–Crippen MR) is 83.5 cm³/mol. The van der Waals surface area contributed by atoms with E-state index in [1.165, 1.54) is 0 Å². The van der Waals surface area contributed by atoms with Crippen molar-refractivity contribution >= 4 is 17.7 Å². The first-order chi connectivity index (χ1) is 9.97. The summed E-state index contributed by atoms with van der Waals surface area (Å²) in [4.78, 5) is 23.3. The summed E-state index contributed by atoms with van der Waals surface area (Å²) in [5.41, 5.74) is 0.943. The Labute approximate surface area is 125 Å². The number of carbonyl (C=O) groups excluding carboxylic acids is 1. The lowest BCUT2D eigenvalue weighted by molar-refractivity contribution is -0.149. The van der Waals surface area contributed by atoms with Crippen LogP contribution in [-0.2, 0) is 11.2 Å². The molecule has 0 aliphatic rings. The highest BCUT2D eigenvalue weighted by Crippen LogP contribution is 2.25. The summed E-state index contributed by atoms with van der Waals surface area (Å²) in [5, 5.41) is 14.7. The van der Waals surface area contributed by atoms with E-state index >= 15 is 0 Å². The maximum atomic E-state index is 11.9. The second kappa shape index (κ2) is 7.67. The normalized spacial score (nSPS) is 11.0. The summed E-state index contributed by atoms with van der Waals surface area (Å²) < 4.78 is 0. The molecule has 0 atom stereocenters. The molecule has 0 fully saturated rings. The summed E-state index contributed by atoms with van der Waals surface area (Å²) >= 11 is 0. The number of nitrogens with one attached hydrogen (secondary N) is 2. The van der Waals surface area contributed by atoms with Gasteiger partial charge in [0.25, 0.3) is 0 Å². The molecule has 1 aromatic rings. The third kappa shape index (κ3) is 4.48. The molecule has 5 heteroatoms. The number of benzene rings is 1. The molecule has 0 bridgehead atoms. The van der Waals surface area contributed by atoms with Gasteiger partial charge in [-0.15, -0.1) is 0 Å². The van der Waals surface area contributed by atoms with Crippen LogP contribution in [-0.4, -0.2) is 23.7 Å². The van der Waals surface area contributed by atoms with Crippen LogP contribution in [0.3, 0.4) is 0 Å². The van der Waals surface area contributed by atoms with Crippen molar-refractivity contribution in [3.63, 3.8) is 0 Å². The van der Waals surface area contributed by atoms with Crippen molar-refractivity contribution in [2.24, 2.45) is 5.41 Å². The van der Waals surface area contributed by atoms with Crippen molar-refractivity contribution in [3.8, 4) is 0 Å². The maximum Gasteiger partial charge on any atom is 0.319 e. The van der Waals surface area contributed by atoms with Crippen LogP contribution in [0.5, 0.6) is 0 Å². The van der Waals surface area contributed by atoms with Crippen LogP contribution in [0.1, 0.15) is 39.2 Å². The molecule has 3 N–H and O–H groups in total. The highest BCUT2D eigenvalue weighted by Gasteiger charge is 2.35. The van der Waals surface area contributed by atoms with Gasteiger partial charge in [0.2, 0.25) is 0 Å². The van der Waals surface area contributed by atoms with Crippen LogP contribution in [0.15, 0.2) is 24.3 Å². The summed E-state index contributed by atoms with van der Waals surface area (Å²) in [5.74, 6) is -0.874. The van der Waals surface area contributed by atoms with E-state index in [9.17, 15) is 14.7 Å². The van der Waals surface area contributed by atoms with E-state index in [2.05, 4.69) is 10.6 Å². The minimum atomic E-state index is -0.900. The fourth-order valence-corrected chi connectivity index (χ4v) is 2.17. The van der Waals surface area contributed by atoms with Crippen LogP contribution in [0.4, 0.5) is 10.5 Å². The number of aliphatic carboxylic acids is 1. The van der Waals surface area contributed by atoms with Crippen LogP contribution in [0.2, 0.25) is 0 Å². The molecule has 0 aliphatic carbocycles. The highest BCUT2D eigenvalue weighted by atomic mass is 16.4. The molecule has 0 spiro atoms. The van der Waals surface area contributed by atoms with Gasteiger partial charge in [-0.1, -0.05) is 32.9 Å². The van der Waals surface area contributed by atoms with Gasteiger partial charge in [0.05, 0.1) is 5.41 Å². The lowest BCUT2D eigenvalue weighted by Gasteiger charge is -2.26. The van der Waals surface area contributed by atoms with Crippen molar-refractivity contribution in [1.82, 2.24) is 5.32 Å². The summed E-state index contributed by atoms with van der Waals surface area (Å²) in [6, 6.07) is 7.21. The lowest BCUT2D eigenvalue weighted by Crippen LogP contribution is -2.43. The first kappa shape index (κ1) is 17.0. The van der Waals surface area contributed by atoms with Gasteiger partial charge in [-0.3, -0.25) is 4.79 Å². The Morgan fingerprint density at radius 3 is 2.38 bits per heavy atom. The second-order valence-corrected chi connectivity index (χ2v) is 5.15. The van der Waals surface area contributed by atoms with Crippen LogP contribution >= 0.6 is 0 Å². The van der Waals surface area contributed by atoms with Gasteiger partial charge in [-0.05, 0) is 37.0 Å². The van der Waals surface area contributed by atoms with Gasteiger partial charge >= 0.3 is 12.0 Å². The largest absolute Gasteiger partial charge is 0.481 e. The monoisotopic (exact) mass is 292 g/mol. The van der Waals surface area contributed by atoms with Crippen molar-refractivity contribution in [2.75, 3.05) is 11.9 Å². The zero-order valence-electron chi connectivity index (χ0n) is 12.9. The molecular weight excluding hydrogens is 268 g/mol. The molecule has 5 nitrogen and oxygen atoms in total. The number of anilines is 1. The van der Waals surface area contributed by atoms with Crippen molar-refractivity contribution < 1.29 is 14.7 Å². The smallest absolute Gasteiger partial charge is 0.319 e. The zero-order valence-corrected chi connectivity index (χ0v) is 12.9. The number of rotatable bonds is 7. The number of urea groups is 1. The van der Waals surface area contributed by atoms with E-state index in [1.54, 1.807) is 0 Å². The molecule has 21 heavy (non-hydrogen) atoms. The Morgan fingerprint density at radius 1 is 1.19 bits per heavy atom. The number of carbonyl (C=O) groups is 2. The highest BCUT2D eigenvalue weighted by molar-refractivity contribution is 5.89.